The fourth-order valence-corrected chi connectivity index (χ4v) is 3.21. The number of hydrogen-bond acceptors (Lipinski definition) is 6. The normalized spacial score (nSPS) is 11.0. The van der Waals surface area contributed by atoms with Crippen LogP contribution in [0.1, 0.15) is 6.92 Å². The Balaban J connectivity index is 1.86. The Labute approximate surface area is 165 Å². The van der Waals surface area contributed by atoms with Crippen LogP contribution in [0.25, 0.3) is 33.7 Å². The van der Waals surface area contributed by atoms with Gasteiger partial charge in [-0.25, -0.2) is 4.39 Å². The van der Waals surface area contributed by atoms with Crippen LogP contribution in [0.4, 0.5) is 4.39 Å². The molecule has 0 aliphatic rings. The van der Waals surface area contributed by atoms with Crippen LogP contribution in [0, 0.1) is 5.82 Å². The van der Waals surface area contributed by atoms with Crippen molar-refractivity contribution in [3.05, 3.63) is 58.6 Å². The van der Waals surface area contributed by atoms with Crippen molar-refractivity contribution in [2.75, 3.05) is 14.2 Å². The third kappa shape index (κ3) is 3.22. The van der Waals surface area contributed by atoms with Gasteiger partial charge in [-0.1, -0.05) is 5.16 Å². The fraction of sp³-hybridized carbons (Fsp3) is 0.190. The molecule has 0 spiro atoms. The van der Waals surface area contributed by atoms with E-state index in [-0.39, 0.29) is 28.1 Å². The summed E-state index contributed by atoms with van der Waals surface area (Å²) in [6.07, 6.45) is 1.64. The second-order valence-corrected chi connectivity index (χ2v) is 6.31. The lowest BCUT2D eigenvalue weighted by atomic mass is 10.1. The molecule has 4 aromatic rings. The number of nitrogens with zero attached hydrogens (tertiary/aromatic N) is 3. The zero-order valence-corrected chi connectivity index (χ0v) is 16.1. The molecule has 0 radical (unpaired) electrons. The topological polar surface area (TPSA) is 79.4 Å². The van der Waals surface area contributed by atoms with Crippen molar-refractivity contribution in [3.63, 3.8) is 0 Å². The highest BCUT2D eigenvalue weighted by Crippen LogP contribution is 2.32. The SMILES string of the molecule is CCn1cc(-c2nc(-c3ccc(OC)cc3OC)no2)c(=O)c2cc(F)ccc21. The van der Waals surface area contributed by atoms with Crippen LogP contribution in [-0.2, 0) is 6.54 Å². The summed E-state index contributed by atoms with van der Waals surface area (Å²) in [4.78, 5) is 17.3. The van der Waals surface area contributed by atoms with Crippen LogP contribution >= 0.6 is 0 Å². The predicted molar refractivity (Wildman–Crippen MR) is 106 cm³/mol. The molecule has 0 bridgehead atoms. The predicted octanol–water partition coefficient (Wildman–Crippen LogP) is 3.89. The zero-order chi connectivity index (χ0) is 20.5. The van der Waals surface area contributed by atoms with E-state index in [0.29, 0.717) is 29.1 Å². The van der Waals surface area contributed by atoms with E-state index in [0.717, 1.165) is 0 Å². The van der Waals surface area contributed by atoms with E-state index >= 15 is 0 Å². The summed E-state index contributed by atoms with van der Waals surface area (Å²) in [6.45, 7) is 2.52. The third-order valence-corrected chi connectivity index (χ3v) is 4.69. The number of aromatic nitrogens is 3. The first-order chi connectivity index (χ1) is 14.0. The molecule has 0 amide bonds. The molecule has 0 saturated carbocycles. The van der Waals surface area contributed by atoms with E-state index in [1.54, 1.807) is 37.6 Å². The number of rotatable bonds is 5. The molecule has 0 aliphatic carbocycles. The summed E-state index contributed by atoms with van der Waals surface area (Å²) in [5.74, 6) is 0.959. The Hall–Kier alpha value is -3.68. The van der Waals surface area contributed by atoms with E-state index in [1.807, 2.05) is 11.5 Å². The van der Waals surface area contributed by atoms with Crippen LogP contribution in [0.3, 0.4) is 0 Å². The van der Waals surface area contributed by atoms with Gasteiger partial charge in [-0.05, 0) is 37.3 Å². The molecule has 0 fully saturated rings. The lowest BCUT2D eigenvalue weighted by Crippen LogP contribution is -2.12. The third-order valence-electron chi connectivity index (χ3n) is 4.69. The number of aryl methyl sites for hydroxylation is 1. The van der Waals surface area contributed by atoms with Crippen LogP contribution in [0.2, 0.25) is 0 Å². The number of ether oxygens (including phenoxy) is 2. The Morgan fingerprint density at radius 3 is 2.66 bits per heavy atom. The number of benzene rings is 2. The average Bonchev–Trinajstić information content (AvgIpc) is 3.23. The first-order valence-electron chi connectivity index (χ1n) is 8.95. The highest BCUT2D eigenvalue weighted by Gasteiger charge is 2.19. The molecule has 29 heavy (non-hydrogen) atoms. The van der Waals surface area contributed by atoms with Gasteiger partial charge < -0.3 is 18.6 Å². The lowest BCUT2D eigenvalue weighted by Gasteiger charge is -2.10. The summed E-state index contributed by atoms with van der Waals surface area (Å²) in [6, 6.07) is 9.32. The lowest BCUT2D eigenvalue weighted by molar-refractivity contribution is 0.394. The summed E-state index contributed by atoms with van der Waals surface area (Å²) in [5.41, 5.74) is 1.06. The van der Waals surface area contributed by atoms with Crippen molar-refractivity contribution in [2.24, 2.45) is 0 Å². The van der Waals surface area contributed by atoms with Crippen molar-refractivity contribution in [3.8, 4) is 34.3 Å². The van der Waals surface area contributed by atoms with Crippen molar-refractivity contribution < 1.29 is 18.4 Å². The summed E-state index contributed by atoms with van der Waals surface area (Å²) in [7, 11) is 3.08. The van der Waals surface area contributed by atoms with Crippen molar-refractivity contribution in [2.45, 2.75) is 13.5 Å². The average molecular weight is 395 g/mol. The maximum atomic E-state index is 13.7. The molecule has 0 unspecified atom stereocenters. The second-order valence-electron chi connectivity index (χ2n) is 6.31. The largest absolute Gasteiger partial charge is 0.497 e. The van der Waals surface area contributed by atoms with Gasteiger partial charge in [0.15, 0.2) is 0 Å². The van der Waals surface area contributed by atoms with Crippen LogP contribution in [0.5, 0.6) is 11.5 Å². The van der Waals surface area contributed by atoms with E-state index in [1.165, 1.54) is 19.2 Å². The zero-order valence-electron chi connectivity index (χ0n) is 16.1. The van der Waals surface area contributed by atoms with E-state index in [9.17, 15) is 9.18 Å². The van der Waals surface area contributed by atoms with Gasteiger partial charge >= 0.3 is 0 Å². The Morgan fingerprint density at radius 2 is 1.93 bits per heavy atom. The summed E-state index contributed by atoms with van der Waals surface area (Å²) >= 11 is 0. The van der Waals surface area contributed by atoms with Gasteiger partial charge in [-0.2, -0.15) is 4.98 Å². The highest BCUT2D eigenvalue weighted by molar-refractivity contribution is 5.83. The minimum absolute atomic E-state index is 0.0521. The molecule has 7 nitrogen and oxygen atoms in total. The highest BCUT2D eigenvalue weighted by atomic mass is 19.1. The molecular formula is C21H18FN3O4. The molecular weight excluding hydrogens is 377 g/mol. The minimum atomic E-state index is -0.483. The van der Waals surface area contributed by atoms with E-state index in [2.05, 4.69) is 10.1 Å². The van der Waals surface area contributed by atoms with Gasteiger partial charge in [-0.15, -0.1) is 0 Å². The van der Waals surface area contributed by atoms with Gasteiger partial charge in [0.2, 0.25) is 11.3 Å². The second kappa shape index (κ2) is 7.38. The van der Waals surface area contributed by atoms with Crippen LogP contribution in [0.15, 0.2) is 51.9 Å². The minimum Gasteiger partial charge on any atom is -0.497 e. The molecule has 0 saturated heterocycles. The van der Waals surface area contributed by atoms with Crippen molar-refractivity contribution in [1.29, 1.82) is 0 Å². The van der Waals surface area contributed by atoms with Crippen LogP contribution in [-0.4, -0.2) is 28.9 Å². The van der Waals surface area contributed by atoms with Gasteiger partial charge in [0, 0.05) is 24.2 Å². The number of halogens is 1. The van der Waals surface area contributed by atoms with E-state index in [4.69, 9.17) is 14.0 Å². The quantitative estimate of drug-likeness (QED) is 0.510. The molecule has 2 heterocycles. The van der Waals surface area contributed by atoms with Gasteiger partial charge in [0.25, 0.3) is 5.89 Å². The number of methoxy groups -OCH3 is 2. The number of hydrogen-bond donors (Lipinski definition) is 0. The van der Waals surface area contributed by atoms with E-state index < -0.39 is 5.82 Å². The maximum absolute atomic E-state index is 13.7. The molecule has 8 heteroatoms. The van der Waals surface area contributed by atoms with Crippen molar-refractivity contribution >= 4 is 10.9 Å². The molecule has 0 aliphatic heterocycles. The number of fused-ring (bicyclic) bond motifs is 1. The van der Waals surface area contributed by atoms with Gasteiger partial charge in [0.05, 0.1) is 25.3 Å². The first kappa shape index (κ1) is 18.7. The molecule has 0 N–H and O–H groups in total. The Bertz CT molecular complexity index is 1260. The molecule has 0 atom stereocenters. The molecule has 2 aromatic heterocycles. The maximum Gasteiger partial charge on any atom is 0.263 e. The van der Waals surface area contributed by atoms with Crippen molar-refractivity contribution in [1.82, 2.24) is 14.7 Å². The number of pyridine rings is 1. The first-order valence-corrected chi connectivity index (χ1v) is 8.95. The summed E-state index contributed by atoms with van der Waals surface area (Å²) in [5, 5.41) is 4.25. The monoisotopic (exact) mass is 395 g/mol. The molecule has 4 rings (SSSR count). The van der Waals surface area contributed by atoms with Gasteiger partial charge in [0.1, 0.15) is 22.9 Å². The van der Waals surface area contributed by atoms with Crippen LogP contribution < -0.4 is 14.9 Å². The van der Waals surface area contributed by atoms with Gasteiger partial charge in [-0.3, -0.25) is 4.79 Å². The Morgan fingerprint density at radius 1 is 1.10 bits per heavy atom. The molecule has 148 valence electrons. The molecule has 2 aromatic carbocycles. The smallest absolute Gasteiger partial charge is 0.263 e. The Kier molecular flexibility index (Phi) is 4.75. The fourth-order valence-electron chi connectivity index (χ4n) is 3.21. The summed E-state index contributed by atoms with van der Waals surface area (Å²) < 4.78 is 31.5. The standard InChI is InChI=1S/C21H18FN3O4/c1-4-25-11-16(19(26)15-9-12(22)5-8-17(15)25)21-23-20(24-29-21)14-7-6-13(27-2)10-18(14)28-3/h5-11H,4H2,1-3H3.